The molecule has 5 nitrogen and oxygen atoms in total. The zero-order chi connectivity index (χ0) is 11.4. The first kappa shape index (κ1) is 10.5. The molecule has 2 rings (SSSR count). The van der Waals surface area contributed by atoms with Gasteiger partial charge in [-0.15, -0.1) is 0 Å². The van der Waals surface area contributed by atoms with Gasteiger partial charge in [0.15, 0.2) is 5.76 Å². The second-order valence-electron chi connectivity index (χ2n) is 3.45. The van der Waals surface area contributed by atoms with Crippen LogP contribution >= 0.6 is 0 Å². The number of carbonyl (C=O) groups excluding carboxylic acids is 1. The van der Waals surface area contributed by atoms with Crippen molar-refractivity contribution in [1.29, 1.82) is 0 Å². The Kier molecular flexibility index (Phi) is 3.05. The van der Waals surface area contributed by atoms with Gasteiger partial charge in [-0.1, -0.05) is 0 Å². The Bertz CT molecular complexity index is 459. The highest BCUT2D eigenvalue weighted by atomic mass is 16.3. The predicted molar refractivity (Wildman–Crippen MR) is 58.1 cm³/mol. The van der Waals surface area contributed by atoms with Crippen molar-refractivity contribution in [3.8, 4) is 0 Å². The number of carbonyl (C=O) groups is 1. The van der Waals surface area contributed by atoms with E-state index < -0.39 is 0 Å². The number of hydrogen-bond donors (Lipinski definition) is 2. The van der Waals surface area contributed by atoms with Crippen molar-refractivity contribution < 1.29 is 9.21 Å². The SMILES string of the molecule is Cc1ccc(C(=O)NCCc2ncc[nH]2)o1. The van der Waals surface area contributed by atoms with Crippen LogP contribution in [0.25, 0.3) is 0 Å². The molecule has 2 aromatic heterocycles. The summed E-state index contributed by atoms with van der Waals surface area (Å²) < 4.78 is 5.20. The van der Waals surface area contributed by atoms with E-state index in [2.05, 4.69) is 15.3 Å². The first-order valence-corrected chi connectivity index (χ1v) is 5.08. The Hall–Kier alpha value is -2.04. The number of hydrogen-bond acceptors (Lipinski definition) is 3. The summed E-state index contributed by atoms with van der Waals surface area (Å²) in [6, 6.07) is 3.43. The Balaban J connectivity index is 1.80. The van der Waals surface area contributed by atoms with E-state index in [4.69, 9.17) is 4.42 Å². The van der Waals surface area contributed by atoms with E-state index in [1.165, 1.54) is 0 Å². The monoisotopic (exact) mass is 219 g/mol. The summed E-state index contributed by atoms with van der Waals surface area (Å²) in [6.45, 7) is 2.34. The van der Waals surface area contributed by atoms with Crippen molar-refractivity contribution in [2.24, 2.45) is 0 Å². The molecule has 2 N–H and O–H groups in total. The normalized spacial score (nSPS) is 10.3. The van der Waals surface area contributed by atoms with Gasteiger partial charge < -0.3 is 14.7 Å². The lowest BCUT2D eigenvalue weighted by atomic mass is 10.3. The summed E-state index contributed by atoms with van der Waals surface area (Å²) >= 11 is 0. The molecule has 1 amide bonds. The zero-order valence-corrected chi connectivity index (χ0v) is 8.99. The van der Waals surface area contributed by atoms with Gasteiger partial charge >= 0.3 is 0 Å². The quantitative estimate of drug-likeness (QED) is 0.813. The number of aromatic amines is 1. The van der Waals surface area contributed by atoms with Crippen LogP contribution in [0, 0.1) is 6.92 Å². The highest BCUT2D eigenvalue weighted by Crippen LogP contribution is 2.05. The standard InChI is InChI=1S/C11H13N3O2/c1-8-2-3-9(16-8)11(15)14-5-4-10-12-6-7-13-10/h2-3,6-7H,4-5H2,1H3,(H,12,13)(H,14,15). The van der Waals surface area contributed by atoms with Gasteiger partial charge in [0.25, 0.3) is 5.91 Å². The molecule has 0 aliphatic carbocycles. The molecule has 2 aromatic rings. The number of nitrogens with one attached hydrogen (secondary N) is 2. The number of nitrogens with zero attached hydrogens (tertiary/aromatic N) is 1. The summed E-state index contributed by atoms with van der Waals surface area (Å²) in [5, 5.41) is 2.76. The smallest absolute Gasteiger partial charge is 0.287 e. The van der Waals surface area contributed by atoms with Crippen molar-refractivity contribution in [2.75, 3.05) is 6.54 Å². The highest BCUT2D eigenvalue weighted by Gasteiger charge is 2.08. The second kappa shape index (κ2) is 4.65. The van der Waals surface area contributed by atoms with E-state index >= 15 is 0 Å². The van der Waals surface area contributed by atoms with Crippen LogP contribution in [-0.2, 0) is 6.42 Å². The molecule has 0 radical (unpaired) electrons. The Morgan fingerprint density at radius 1 is 1.56 bits per heavy atom. The largest absolute Gasteiger partial charge is 0.456 e. The lowest BCUT2D eigenvalue weighted by Gasteiger charge is -2.00. The number of aryl methyl sites for hydroxylation is 1. The predicted octanol–water partition coefficient (Wildman–Crippen LogP) is 1.28. The summed E-state index contributed by atoms with van der Waals surface area (Å²) in [7, 11) is 0. The van der Waals surface area contributed by atoms with E-state index in [0.29, 0.717) is 18.7 Å². The molecule has 0 aromatic carbocycles. The number of H-pyrrole nitrogens is 1. The van der Waals surface area contributed by atoms with Gasteiger partial charge in [0.05, 0.1) is 0 Å². The second-order valence-corrected chi connectivity index (χ2v) is 3.45. The van der Waals surface area contributed by atoms with E-state index in [9.17, 15) is 4.79 Å². The average molecular weight is 219 g/mol. The molecule has 0 fully saturated rings. The van der Waals surface area contributed by atoms with E-state index in [1.807, 2.05) is 0 Å². The molecule has 0 spiro atoms. The van der Waals surface area contributed by atoms with Crippen LogP contribution in [0.3, 0.4) is 0 Å². The lowest BCUT2D eigenvalue weighted by Crippen LogP contribution is -2.25. The summed E-state index contributed by atoms with van der Waals surface area (Å²) in [4.78, 5) is 18.6. The van der Waals surface area contributed by atoms with E-state index in [0.717, 1.165) is 11.6 Å². The van der Waals surface area contributed by atoms with Crippen LogP contribution in [0.5, 0.6) is 0 Å². The first-order valence-electron chi connectivity index (χ1n) is 5.08. The van der Waals surface area contributed by atoms with Crippen molar-refractivity contribution >= 4 is 5.91 Å². The Morgan fingerprint density at radius 3 is 3.06 bits per heavy atom. The van der Waals surface area contributed by atoms with Gasteiger partial charge in [0.1, 0.15) is 11.6 Å². The molecule has 0 aliphatic heterocycles. The minimum absolute atomic E-state index is 0.195. The van der Waals surface area contributed by atoms with E-state index in [1.54, 1.807) is 31.5 Å². The Morgan fingerprint density at radius 2 is 2.44 bits per heavy atom. The topological polar surface area (TPSA) is 70.9 Å². The van der Waals surface area contributed by atoms with Gasteiger partial charge in [-0.05, 0) is 19.1 Å². The summed E-state index contributed by atoms with van der Waals surface area (Å²) in [5.74, 6) is 1.74. The molecule has 5 heteroatoms. The van der Waals surface area contributed by atoms with Crippen LogP contribution in [0.1, 0.15) is 22.1 Å². The fraction of sp³-hybridized carbons (Fsp3) is 0.273. The first-order chi connectivity index (χ1) is 7.75. The summed E-state index contributed by atoms with van der Waals surface area (Å²) in [6.07, 6.45) is 4.12. The van der Waals surface area contributed by atoms with Gasteiger partial charge in [0, 0.05) is 25.4 Å². The zero-order valence-electron chi connectivity index (χ0n) is 8.99. The molecule has 16 heavy (non-hydrogen) atoms. The molecule has 0 saturated heterocycles. The van der Waals surface area contributed by atoms with Crippen LogP contribution in [0.15, 0.2) is 28.9 Å². The van der Waals surface area contributed by atoms with Gasteiger partial charge in [-0.2, -0.15) is 0 Å². The van der Waals surface area contributed by atoms with Crippen molar-refractivity contribution in [3.05, 3.63) is 41.9 Å². The molecule has 0 saturated carbocycles. The molecule has 84 valence electrons. The number of aromatic nitrogens is 2. The number of furan rings is 1. The third kappa shape index (κ3) is 2.50. The molecular formula is C11H13N3O2. The lowest BCUT2D eigenvalue weighted by molar-refractivity contribution is 0.0925. The van der Waals surface area contributed by atoms with Crippen molar-refractivity contribution in [1.82, 2.24) is 15.3 Å². The van der Waals surface area contributed by atoms with Crippen molar-refractivity contribution in [2.45, 2.75) is 13.3 Å². The average Bonchev–Trinajstić information content (AvgIpc) is 2.89. The maximum Gasteiger partial charge on any atom is 0.287 e. The fourth-order valence-corrected chi connectivity index (χ4v) is 1.37. The maximum absolute atomic E-state index is 11.6. The van der Waals surface area contributed by atoms with Gasteiger partial charge in [0.2, 0.25) is 0 Å². The molecule has 0 unspecified atom stereocenters. The highest BCUT2D eigenvalue weighted by molar-refractivity contribution is 5.91. The molecular weight excluding hydrogens is 206 g/mol. The van der Waals surface area contributed by atoms with Crippen LogP contribution in [0.2, 0.25) is 0 Å². The molecule has 0 atom stereocenters. The molecule has 2 heterocycles. The van der Waals surface area contributed by atoms with Crippen LogP contribution < -0.4 is 5.32 Å². The maximum atomic E-state index is 11.6. The third-order valence-electron chi connectivity index (χ3n) is 2.17. The third-order valence-corrected chi connectivity index (χ3v) is 2.17. The fourth-order valence-electron chi connectivity index (χ4n) is 1.37. The summed E-state index contributed by atoms with van der Waals surface area (Å²) in [5.41, 5.74) is 0. The van der Waals surface area contributed by atoms with Gasteiger partial charge in [-0.3, -0.25) is 4.79 Å². The molecule has 0 aliphatic rings. The number of rotatable bonds is 4. The van der Waals surface area contributed by atoms with E-state index in [-0.39, 0.29) is 5.91 Å². The number of amides is 1. The minimum atomic E-state index is -0.195. The van der Waals surface area contributed by atoms with Crippen LogP contribution in [-0.4, -0.2) is 22.4 Å². The minimum Gasteiger partial charge on any atom is -0.456 e. The van der Waals surface area contributed by atoms with Gasteiger partial charge in [-0.25, -0.2) is 4.98 Å². The van der Waals surface area contributed by atoms with Crippen molar-refractivity contribution in [3.63, 3.8) is 0 Å². The Labute approximate surface area is 92.9 Å². The number of imidazole rings is 1. The van der Waals surface area contributed by atoms with Crippen LogP contribution in [0.4, 0.5) is 0 Å². The molecule has 0 bridgehead atoms.